The minimum absolute atomic E-state index is 0.381. The van der Waals surface area contributed by atoms with Gasteiger partial charge >= 0.3 is 0 Å². The molecule has 0 aliphatic rings. The van der Waals surface area contributed by atoms with Crippen molar-refractivity contribution in [1.82, 2.24) is 9.97 Å². The molecule has 0 bridgehead atoms. The molecule has 3 N–H and O–H groups in total. The maximum Gasteiger partial charge on any atom is 0.159 e. The fourth-order valence-electron chi connectivity index (χ4n) is 1.42. The zero-order valence-electron chi connectivity index (χ0n) is 9.16. The van der Waals surface area contributed by atoms with Crippen molar-refractivity contribution < 1.29 is 0 Å². The third kappa shape index (κ3) is 2.57. The maximum absolute atomic E-state index is 5.35. The highest BCUT2D eigenvalue weighted by Crippen LogP contribution is 2.29. The normalized spacial score (nSPS) is 10.5. The molecule has 1 aromatic rings. The van der Waals surface area contributed by atoms with Crippen LogP contribution in [0.5, 0.6) is 0 Å². The topological polar surface area (TPSA) is 67.1 Å². The van der Waals surface area contributed by atoms with Crippen LogP contribution < -0.4 is 16.2 Å². The number of rotatable bonds is 4. The Kier molecular flexibility index (Phi) is 4.28. The van der Waals surface area contributed by atoms with Crippen LogP contribution >= 0.6 is 15.9 Å². The highest BCUT2D eigenvalue weighted by molar-refractivity contribution is 9.10. The second kappa shape index (κ2) is 5.27. The van der Waals surface area contributed by atoms with Crippen molar-refractivity contribution in [3.05, 3.63) is 10.8 Å². The van der Waals surface area contributed by atoms with Crippen LogP contribution in [0.1, 0.15) is 20.8 Å². The van der Waals surface area contributed by atoms with E-state index in [4.69, 9.17) is 5.84 Å². The molecule has 0 amide bonds. The molecule has 0 atom stereocenters. The summed E-state index contributed by atoms with van der Waals surface area (Å²) < 4.78 is 0.794. The van der Waals surface area contributed by atoms with E-state index in [1.165, 1.54) is 6.33 Å². The van der Waals surface area contributed by atoms with Crippen LogP contribution in [0.2, 0.25) is 0 Å². The zero-order chi connectivity index (χ0) is 11.4. The molecule has 84 valence electrons. The first kappa shape index (κ1) is 12.2. The van der Waals surface area contributed by atoms with Crippen molar-refractivity contribution in [2.45, 2.75) is 26.8 Å². The van der Waals surface area contributed by atoms with Crippen LogP contribution in [0.4, 0.5) is 11.6 Å². The number of nitrogens with zero attached hydrogens (tertiary/aromatic N) is 3. The molecule has 0 spiro atoms. The third-order valence-corrected chi connectivity index (χ3v) is 2.87. The summed E-state index contributed by atoms with van der Waals surface area (Å²) in [6.07, 6.45) is 1.50. The fraction of sp³-hybridized carbons (Fsp3) is 0.556. The van der Waals surface area contributed by atoms with E-state index in [1.807, 2.05) is 0 Å². The second-order valence-corrected chi connectivity index (χ2v) is 4.18. The van der Waals surface area contributed by atoms with E-state index < -0.39 is 0 Å². The molecular weight excluding hydrogens is 258 g/mol. The zero-order valence-corrected chi connectivity index (χ0v) is 10.7. The molecule has 0 unspecified atom stereocenters. The summed E-state index contributed by atoms with van der Waals surface area (Å²) in [4.78, 5) is 10.4. The van der Waals surface area contributed by atoms with Crippen LogP contribution in [0.3, 0.4) is 0 Å². The van der Waals surface area contributed by atoms with E-state index in [0.717, 1.165) is 16.8 Å². The average Bonchev–Trinajstić information content (AvgIpc) is 2.21. The van der Waals surface area contributed by atoms with Crippen molar-refractivity contribution in [2.75, 3.05) is 16.9 Å². The summed E-state index contributed by atoms with van der Waals surface area (Å²) in [6.45, 7) is 7.21. The van der Waals surface area contributed by atoms with Gasteiger partial charge in [0.25, 0.3) is 0 Å². The van der Waals surface area contributed by atoms with E-state index >= 15 is 0 Å². The van der Waals surface area contributed by atoms with Crippen molar-refractivity contribution in [1.29, 1.82) is 0 Å². The quantitative estimate of drug-likeness (QED) is 0.647. The van der Waals surface area contributed by atoms with Gasteiger partial charge in [-0.2, -0.15) is 0 Å². The van der Waals surface area contributed by atoms with Gasteiger partial charge in [-0.05, 0) is 36.7 Å². The van der Waals surface area contributed by atoms with Crippen molar-refractivity contribution >= 4 is 27.6 Å². The lowest BCUT2D eigenvalue weighted by Crippen LogP contribution is -2.31. The molecule has 0 saturated heterocycles. The number of nitrogens with two attached hydrogens (primary N) is 1. The van der Waals surface area contributed by atoms with Gasteiger partial charge in [0.2, 0.25) is 0 Å². The largest absolute Gasteiger partial charge is 0.353 e. The standard InChI is InChI=1S/C9H16BrN5/c1-4-15(6(2)3)9-7(10)8(14-11)12-5-13-9/h5-6H,4,11H2,1-3H3,(H,12,13,14). The summed E-state index contributed by atoms with van der Waals surface area (Å²) in [5.74, 6) is 6.80. The number of halogens is 1. The van der Waals surface area contributed by atoms with E-state index in [1.54, 1.807) is 0 Å². The number of hydrogen-bond donors (Lipinski definition) is 2. The first-order chi connectivity index (χ1) is 7.11. The smallest absolute Gasteiger partial charge is 0.159 e. The van der Waals surface area contributed by atoms with Gasteiger partial charge in [-0.15, -0.1) is 0 Å². The summed E-state index contributed by atoms with van der Waals surface area (Å²) in [5, 5.41) is 0. The van der Waals surface area contributed by atoms with Crippen molar-refractivity contribution in [3.63, 3.8) is 0 Å². The summed E-state index contributed by atoms with van der Waals surface area (Å²) >= 11 is 3.44. The molecule has 0 aromatic carbocycles. The number of hydrogen-bond acceptors (Lipinski definition) is 5. The second-order valence-electron chi connectivity index (χ2n) is 3.38. The number of anilines is 2. The Bertz CT molecular complexity index is 328. The Morgan fingerprint density at radius 2 is 2.20 bits per heavy atom. The number of nitrogens with one attached hydrogen (secondary N) is 1. The molecule has 15 heavy (non-hydrogen) atoms. The molecule has 0 aliphatic carbocycles. The Balaban J connectivity index is 3.12. The lowest BCUT2D eigenvalue weighted by Gasteiger charge is -2.27. The predicted molar refractivity (Wildman–Crippen MR) is 65.7 cm³/mol. The molecule has 0 aliphatic heterocycles. The molecule has 1 aromatic heterocycles. The van der Waals surface area contributed by atoms with E-state index in [0.29, 0.717) is 11.9 Å². The van der Waals surface area contributed by atoms with E-state index in [-0.39, 0.29) is 0 Å². The fourth-order valence-corrected chi connectivity index (χ4v) is 1.97. The summed E-state index contributed by atoms with van der Waals surface area (Å²) in [6, 6.07) is 0.381. The highest BCUT2D eigenvalue weighted by Gasteiger charge is 2.15. The minimum Gasteiger partial charge on any atom is -0.353 e. The lowest BCUT2D eigenvalue weighted by atomic mass is 10.3. The van der Waals surface area contributed by atoms with E-state index in [9.17, 15) is 0 Å². The average molecular weight is 274 g/mol. The third-order valence-electron chi connectivity index (χ3n) is 2.14. The van der Waals surface area contributed by atoms with Gasteiger partial charge in [0, 0.05) is 12.6 Å². The Morgan fingerprint density at radius 3 is 2.67 bits per heavy atom. The Hall–Kier alpha value is -0.880. The van der Waals surface area contributed by atoms with Crippen LogP contribution in [-0.4, -0.2) is 22.6 Å². The molecule has 5 nitrogen and oxygen atoms in total. The number of nitrogen functional groups attached to an aromatic ring is 1. The SMILES string of the molecule is CCN(c1ncnc(NN)c1Br)C(C)C. The molecule has 0 saturated carbocycles. The predicted octanol–water partition coefficient (Wildman–Crippen LogP) is 1.76. The van der Waals surface area contributed by atoms with Gasteiger partial charge in [-0.25, -0.2) is 15.8 Å². The molecule has 0 radical (unpaired) electrons. The number of hydrazine groups is 1. The summed E-state index contributed by atoms with van der Waals surface area (Å²) in [7, 11) is 0. The van der Waals surface area contributed by atoms with E-state index in [2.05, 4.69) is 57.0 Å². The van der Waals surface area contributed by atoms with Gasteiger partial charge in [-0.3, -0.25) is 0 Å². The number of aromatic nitrogens is 2. The van der Waals surface area contributed by atoms with Crippen LogP contribution in [0.25, 0.3) is 0 Å². The van der Waals surface area contributed by atoms with Gasteiger partial charge in [-0.1, -0.05) is 0 Å². The minimum atomic E-state index is 0.381. The first-order valence-corrected chi connectivity index (χ1v) is 5.64. The van der Waals surface area contributed by atoms with Gasteiger partial charge in [0.15, 0.2) is 5.82 Å². The lowest BCUT2D eigenvalue weighted by molar-refractivity contribution is 0.690. The van der Waals surface area contributed by atoms with Gasteiger partial charge in [0.1, 0.15) is 16.6 Å². The molecule has 0 fully saturated rings. The Labute approximate surface area is 98.2 Å². The monoisotopic (exact) mass is 273 g/mol. The van der Waals surface area contributed by atoms with Crippen molar-refractivity contribution in [2.24, 2.45) is 5.84 Å². The molecule has 1 heterocycles. The molecule has 6 heteroatoms. The van der Waals surface area contributed by atoms with Gasteiger partial charge < -0.3 is 10.3 Å². The van der Waals surface area contributed by atoms with Gasteiger partial charge in [0.05, 0.1) is 0 Å². The van der Waals surface area contributed by atoms with Crippen LogP contribution in [-0.2, 0) is 0 Å². The van der Waals surface area contributed by atoms with Crippen LogP contribution in [0, 0.1) is 0 Å². The summed E-state index contributed by atoms with van der Waals surface area (Å²) in [5.41, 5.74) is 2.53. The first-order valence-electron chi connectivity index (χ1n) is 4.85. The van der Waals surface area contributed by atoms with Crippen LogP contribution in [0.15, 0.2) is 10.8 Å². The highest BCUT2D eigenvalue weighted by atomic mass is 79.9. The molecule has 1 rings (SSSR count). The molecular formula is C9H16BrN5. The van der Waals surface area contributed by atoms with Crippen molar-refractivity contribution in [3.8, 4) is 0 Å². The maximum atomic E-state index is 5.35. The Morgan fingerprint density at radius 1 is 1.53 bits per heavy atom.